The zero-order valence-corrected chi connectivity index (χ0v) is 9.56. The van der Waals surface area contributed by atoms with Crippen LogP contribution < -0.4 is 5.32 Å². The molecule has 0 atom stereocenters. The van der Waals surface area contributed by atoms with Crippen LogP contribution in [0, 0.1) is 33.3 Å². The van der Waals surface area contributed by atoms with Gasteiger partial charge in [-0.05, 0) is 12.1 Å². The molecule has 0 bridgehead atoms. The smallest absolute Gasteiger partial charge is 0.286 e. The van der Waals surface area contributed by atoms with Crippen LogP contribution in [0.3, 0.4) is 0 Å². The lowest BCUT2D eigenvalue weighted by Crippen LogP contribution is -2.19. The van der Waals surface area contributed by atoms with Gasteiger partial charge in [0.25, 0.3) is 5.69 Å². The minimum absolute atomic E-state index is 0.118. The van der Waals surface area contributed by atoms with E-state index in [2.05, 4.69) is 17.2 Å². The molecule has 0 fully saturated rings. The molecule has 0 radical (unpaired) electrons. The summed E-state index contributed by atoms with van der Waals surface area (Å²) in [7, 11) is 0. The van der Waals surface area contributed by atoms with Gasteiger partial charge in [-0.25, -0.2) is 0 Å². The van der Waals surface area contributed by atoms with Crippen molar-refractivity contribution in [3.63, 3.8) is 0 Å². The molecule has 1 aromatic rings. The molecule has 0 aliphatic carbocycles. The number of carbonyl (C=O) groups is 1. The highest BCUT2D eigenvalue weighted by Gasteiger charge is 2.12. The second kappa shape index (κ2) is 6.02. The van der Waals surface area contributed by atoms with Crippen LogP contribution in [0.1, 0.15) is 18.1 Å². The average molecular weight is 243 g/mol. The third-order valence-corrected chi connectivity index (χ3v) is 1.97. The van der Waals surface area contributed by atoms with Gasteiger partial charge in [-0.3, -0.25) is 14.9 Å². The molecule has 0 aromatic heterocycles. The highest BCUT2D eigenvalue weighted by atomic mass is 16.6. The largest absolute Gasteiger partial charge is 0.345 e. The SMILES string of the molecule is CC(=O)NCC#Cc1ccc(C#N)cc1[N+](=O)[O-]. The molecule has 0 heterocycles. The molecule has 1 amide bonds. The molecule has 0 aliphatic heterocycles. The van der Waals surface area contributed by atoms with Gasteiger partial charge in [0.05, 0.1) is 23.1 Å². The lowest BCUT2D eigenvalue weighted by molar-refractivity contribution is -0.385. The first kappa shape index (κ1) is 13.2. The fourth-order valence-electron chi connectivity index (χ4n) is 1.17. The van der Waals surface area contributed by atoms with E-state index in [1.807, 2.05) is 6.07 Å². The van der Waals surface area contributed by atoms with Gasteiger partial charge in [-0.1, -0.05) is 11.8 Å². The Labute approximate surface area is 103 Å². The van der Waals surface area contributed by atoms with E-state index in [4.69, 9.17) is 5.26 Å². The van der Waals surface area contributed by atoms with Gasteiger partial charge < -0.3 is 5.32 Å². The molecular formula is C12H9N3O3. The van der Waals surface area contributed by atoms with Crippen molar-refractivity contribution in [1.29, 1.82) is 5.26 Å². The monoisotopic (exact) mass is 243 g/mol. The van der Waals surface area contributed by atoms with E-state index in [0.29, 0.717) is 0 Å². The number of nitriles is 1. The van der Waals surface area contributed by atoms with Crippen molar-refractivity contribution >= 4 is 11.6 Å². The molecule has 0 unspecified atom stereocenters. The molecule has 6 heteroatoms. The summed E-state index contributed by atoms with van der Waals surface area (Å²) in [6, 6.07) is 5.86. The molecule has 0 spiro atoms. The van der Waals surface area contributed by atoms with Gasteiger partial charge in [-0.2, -0.15) is 5.26 Å². The highest BCUT2D eigenvalue weighted by Crippen LogP contribution is 2.18. The second-order valence-corrected chi connectivity index (χ2v) is 3.31. The number of nitrogens with one attached hydrogen (secondary N) is 1. The van der Waals surface area contributed by atoms with Crippen LogP contribution in [0.25, 0.3) is 0 Å². The van der Waals surface area contributed by atoms with E-state index in [-0.39, 0.29) is 29.3 Å². The summed E-state index contributed by atoms with van der Waals surface area (Å²) >= 11 is 0. The van der Waals surface area contributed by atoms with Crippen LogP contribution >= 0.6 is 0 Å². The Bertz CT molecular complexity index is 591. The Morgan fingerprint density at radius 1 is 1.56 bits per heavy atom. The number of benzene rings is 1. The highest BCUT2D eigenvalue weighted by molar-refractivity contribution is 5.73. The number of hydrogen-bond acceptors (Lipinski definition) is 4. The van der Waals surface area contributed by atoms with Crippen molar-refractivity contribution in [1.82, 2.24) is 5.32 Å². The quantitative estimate of drug-likeness (QED) is 0.475. The molecule has 18 heavy (non-hydrogen) atoms. The first-order chi connectivity index (χ1) is 8.54. The Morgan fingerprint density at radius 2 is 2.28 bits per heavy atom. The Morgan fingerprint density at radius 3 is 2.83 bits per heavy atom. The van der Waals surface area contributed by atoms with Gasteiger partial charge in [0, 0.05) is 13.0 Å². The van der Waals surface area contributed by atoms with Crippen molar-refractivity contribution in [2.45, 2.75) is 6.92 Å². The molecule has 0 aliphatic rings. The van der Waals surface area contributed by atoms with Crippen LogP contribution in [-0.4, -0.2) is 17.4 Å². The number of nitro benzene ring substituents is 1. The molecule has 1 N–H and O–H groups in total. The lowest BCUT2D eigenvalue weighted by atomic mass is 10.1. The molecule has 0 saturated carbocycles. The van der Waals surface area contributed by atoms with E-state index in [0.717, 1.165) is 0 Å². The third kappa shape index (κ3) is 3.62. The molecular weight excluding hydrogens is 234 g/mol. The first-order valence-electron chi connectivity index (χ1n) is 4.96. The van der Waals surface area contributed by atoms with Crippen molar-refractivity contribution < 1.29 is 9.72 Å². The van der Waals surface area contributed by atoms with Gasteiger partial charge in [0.2, 0.25) is 5.91 Å². The fourth-order valence-corrected chi connectivity index (χ4v) is 1.17. The third-order valence-electron chi connectivity index (χ3n) is 1.97. The summed E-state index contributed by atoms with van der Waals surface area (Å²) in [4.78, 5) is 20.8. The maximum atomic E-state index is 10.8. The Kier molecular flexibility index (Phi) is 4.42. The van der Waals surface area contributed by atoms with Crippen molar-refractivity contribution in [3.05, 3.63) is 39.4 Å². The molecule has 1 aromatic carbocycles. The normalized spacial score (nSPS) is 8.67. The average Bonchev–Trinajstić information content (AvgIpc) is 2.34. The van der Waals surface area contributed by atoms with E-state index in [9.17, 15) is 14.9 Å². The predicted molar refractivity (Wildman–Crippen MR) is 63.4 cm³/mol. The first-order valence-corrected chi connectivity index (χ1v) is 4.96. The van der Waals surface area contributed by atoms with Crippen molar-refractivity contribution in [2.24, 2.45) is 0 Å². The molecule has 90 valence electrons. The zero-order chi connectivity index (χ0) is 13.5. The van der Waals surface area contributed by atoms with Crippen LogP contribution in [-0.2, 0) is 4.79 Å². The molecule has 6 nitrogen and oxygen atoms in total. The van der Waals surface area contributed by atoms with Crippen LogP contribution in [0.4, 0.5) is 5.69 Å². The van der Waals surface area contributed by atoms with Crippen LogP contribution in [0.2, 0.25) is 0 Å². The zero-order valence-electron chi connectivity index (χ0n) is 9.56. The minimum atomic E-state index is -0.594. The van der Waals surface area contributed by atoms with E-state index in [1.165, 1.54) is 25.1 Å². The predicted octanol–water partition coefficient (Wildman–Crippen LogP) is 0.954. The van der Waals surface area contributed by atoms with E-state index >= 15 is 0 Å². The number of carbonyl (C=O) groups excluding carboxylic acids is 1. The molecule has 0 saturated heterocycles. The van der Waals surface area contributed by atoms with E-state index < -0.39 is 4.92 Å². The number of amides is 1. The summed E-state index contributed by atoms with van der Waals surface area (Å²) in [5.74, 6) is 4.96. The van der Waals surface area contributed by atoms with Gasteiger partial charge in [0.15, 0.2) is 0 Å². The van der Waals surface area contributed by atoms with E-state index in [1.54, 1.807) is 0 Å². The number of nitro groups is 1. The fraction of sp³-hybridized carbons (Fsp3) is 0.167. The topological polar surface area (TPSA) is 96.0 Å². The van der Waals surface area contributed by atoms with Gasteiger partial charge in [0.1, 0.15) is 5.56 Å². The summed E-state index contributed by atoms with van der Waals surface area (Å²) in [5.41, 5.74) is 0.197. The summed E-state index contributed by atoms with van der Waals surface area (Å²) in [6.45, 7) is 1.47. The lowest BCUT2D eigenvalue weighted by Gasteiger charge is -1.96. The standard InChI is InChI=1S/C12H9N3O3/c1-9(16)14-6-2-3-11-5-4-10(8-13)7-12(11)15(17)18/h4-5,7H,6H2,1H3,(H,14,16). The Hall–Kier alpha value is -2.86. The molecule has 1 rings (SSSR count). The summed E-state index contributed by atoms with van der Waals surface area (Å²) < 4.78 is 0. The summed E-state index contributed by atoms with van der Waals surface area (Å²) in [5, 5.41) is 21.9. The number of rotatable bonds is 2. The minimum Gasteiger partial charge on any atom is -0.345 e. The Balaban J connectivity index is 2.98. The summed E-state index contributed by atoms with van der Waals surface area (Å²) in [6.07, 6.45) is 0. The van der Waals surface area contributed by atoms with Crippen LogP contribution in [0.15, 0.2) is 18.2 Å². The van der Waals surface area contributed by atoms with Gasteiger partial charge >= 0.3 is 0 Å². The van der Waals surface area contributed by atoms with Crippen molar-refractivity contribution in [3.8, 4) is 17.9 Å². The number of hydrogen-bond donors (Lipinski definition) is 1. The van der Waals surface area contributed by atoms with Crippen molar-refractivity contribution in [2.75, 3.05) is 6.54 Å². The maximum Gasteiger partial charge on any atom is 0.286 e. The maximum absolute atomic E-state index is 10.8. The number of nitrogens with zero attached hydrogens (tertiary/aromatic N) is 2. The van der Waals surface area contributed by atoms with Gasteiger partial charge in [-0.15, -0.1) is 0 Å². The second-order valence-electron chi connectivity index (χ2n) is 3.31. The van der Waals surface area contributed by atoms with Crippen LogP contribution in [0.5, 0.6) is 0 Å².